The molecule has 2 unspecified atom stereocenters. The third-order valence-electron chi connectivity index (χ3n) is 3.10. The number of rotatable bonds is 6. The van der Waals surface area contributed by atoms with Crippen molar-refractivity contribution in [2.24, 2.45) is 5.73 Å². The SMILES string of the molecule is CCCC(C)(N)C(=O)NC(C)Cc1cccc(Br)c1.Cl. The molecule has 0 saturated heterocycles. The lowest BCUT2D eigenvalue weighted by molar-refractivity contribution is -0.126. The van der Waals surface area contributed by atoms with E-state index in [2.05, 4.69) is 33.4 Å². The van der Waals surface area contributed by atoms with Crippen molar-refractivity contribution in [3.05, 3.63) is 34.3 Å². The smallest absolute Gasteiger partial charge is 0.240 e. The molecule has 3 nitrogen and oxygen atoms in total. The quantitative estimate of drug-likeness (QED) is 0.813. The zero-order chi connectivity index (χ0) is 14.5. The lowest BCUT2D eigenvalue weighted by Crippen LogP contribution is -2.53. The van der Waals surface area contributed by atoms with E-state index in [1.165, 1.54) is 5.56 Å². The van der Waals surface area contributed by atoms with Crippen LogP contribution in [0.1, 0.15) is 39.2 Å². The third kappa shape index (κ3) is 6.25. The number of carbonyl (C=O) groups is 1. The van der Waals surface area contributed by atoms with Crippen LogP contribution in [0.15, 0.2) is 28.7 Å². The molecular formula is C15H24BrClN2O. The summed E-state index contributed by atoms with van der Waals surface area (Å²) in [6, 6.07) is 8.18. The first-order valence-electron chi connectivity index (χ1n) is 6.69. The minimum Gasteiger partial charge on any atom is -0.352 e. The Morgan fingerprint density at radius 1 is 1.50 bits per heavy atom. The molecule has 1 aromatic carbocycles. The molecule has 0 aliphatic rings. The van der Waals surface area contributed by atoms with Gasteiger partial charge in [-0.2, -0.15) is 0 Å². The standard InChI is InChI=1S/C15H23BrN2O.ClH/c1-4-8-15(3,17)14(19)18-11(2)9-12-6-5-7-13(16)10-12;/h5-7,10-11H,4,8-9,17H2,1-3H3,(H,18,19);1H. The summed E-state index contributed by atoms with van der Waals surface area (Å²) in [5.41, 5.74) is 6.43. The van der Waals surface area contributed by atoms with Gasteiger partial charge in [0.2, 0.25) is 5.91 Å². The summed E-state index contributed by atoms with van der Waals surface area (Å²) in [5, 5.41) is 2.99. The van der Waals surface area contributed by atoms with Gasteiger partial charge in [0.05, 0.1) is 5.54 Å². The Morgan fingerprint density at radius 2 is 2.15 bits per heavy atom. The van der Waals surface area contributed by atoms with Crippen molar-refractivity contribution in [2.75, 3.05) is 0 Å². The fourth-order valence-electron chi connectivity index (χ4n) is 2.09. The molecular weight excluding hydrogens is 340 g/mol. The van der Waals surface area contributed by atoms with Gasteiger partial charge in [-0.15, -0.1) is 12.4 Å². The van der Waals surface area contributed by atoms with Crippen LogP contribution in [0.4, 0.5) is 0 Å². The number of halogens is 2. The van der Waals surface area contributed by atoms with E-state index >= 15 is 0 Å². The van der Waals surface area contributed by atoms with Crippen molar-refractivity contribution < 1.29 is 4.79 Å². The highest BCUT2D eigenvalue weighted by molar-refractivity contribution is 9.10. The van der Waals surface area contributed by atoms with Crippen LogP contribution in [0.2, 0.25) is 0 Å². The second-order valence-corrected chi connectivity index (χ2v) is 6.29. The van der Waals surface area contributed by atoms with Crippen LogP contribution in [0.3, 0.4) is 0 Å². The normalized spacial score (nSPS) is 14.8. The van der Waals surface area contributed by atoms with E-state index < -0.39 is 5.54 Å². The lowest BCUT2D eigenvalue weighted by atomic mass is 9.95. The molecule has 1 amide bonds. The first-order chi connectivity index (χ1) is 8.85. The van der Waals surface area contributed by atoms with Crippen molar-refractivity contribution in [3.8, 4) is 0 Å². The molecule has 0 fully saturated rings. The molecule has 5 heteroatoms. The largest absolute Gasteiger partial charge is 0.352 e. The molecule has 0 spiro atoms. The van der Waals surface area contributed by atoms with Gasteiger partial charge in [-0.3, -0.25) is 4.79 Å². The van der Waals surface area contributed by atoms with E-state index in [4.69, 9.17) is 5.73 Å². The first kappa shape index (κ1) is 19.4. The molecule has 0 bridgehead atoms. The highest BCUT2D eigenvalue weighted by atomic mass is 79.9. The summed E-state index contributed by atoms with van der Waals surface area (Å²) in [5.74, 6) is -0.0724. The minimum atomic E-state index is -0.777. The molecule has 1 aromatic rings. The molecule has 1 rings (SSSR count). The van der Waals surface area contributed by atoms with Crippen LogP contribution in [-0.4, -0.2) is 17.5 Å². The molecule has 114 valence electrons. The number of amides is 1. The molecule has 20 heavy (non-hydrogen) atoms. The Balaban J connectivity index is 0.00000361. The van der Waals surface area contributed by atoms with Crippen LogP contribution < -0.4 is 11.1 Å². The summed E-state index contributed by atoms with van der Waals surface area (Å²) in [6.45, 7) is 5.82. The van der Waals surface area contributed by atoms with Crippen LogP contribution in [0.25, 0.3) is 0 Å². The third-order valence-corrected chi connectivity index (χ3v) is 3.59. The van der Waals surface area contributed by atoms with Gasteiger partial charge in [-0.25, -0.2) is 0 Å². The Hall–Kier alpha value is -0.580. The van der Waals surface area contributed by atoms with E-state index in [1.807, 2.05) is 26.0 Å². The minimum absolute atomic E-state index is 0. The molecule has 3 N–H and O–H groups in total. The maximum atomic E-state index is 12.1. The number of hydrogen-bond acceptors (Lipinski definition) is 2. The monoisotopic (exact) mass is 362 g/mol. The molecule has 2 atom stereocenters. The van der Waals surface area contributed by atoms with Crippen molar-refractivity contribution in [1.29, 1.82) is 0 Å². The van der Waals surface area contributed by atoms with Crippen LogP contribution in [0.5, 0.6) is 0 Å². The summed E-state index contributed by atoms with van der Waals surface area (Å²) >= 11 is 3.45. The number of hydrogen-bond donors (Lipinski definition) is 2. The summed E-state index contributed by atoms with van der Waals surface area (Å²) in [4.78, 5) is 12.1. The highest BCUT2D eigenvalue weighted by Gasteiger charge is 2.27. The fraction of sp³-hybridized carbons (Fsp3) is 0.533. The maximum Gasteiger partial charge on any atom is 0.240 e. The van der Waals surface area contributed by atoms with Crippen molar-refractivity contribution in [3.63, 3.8) is 0 Å². The van der Waals surface area contributed by atoms with Gasteiger partial charge in [-0.05, 0) is 44.4 Å². The highest BCUT2D eigenvalue weighted by Crippen LogP contribution is 2.14. The predicted molar refractivity (Wildman–Crippen MR) is 90.2 cm³/mol. The van der Waals surface area contributed by atoms with Crippen LogP contribution >= 0.6 is 28.3 Å². The predicted octanol–water partition coefficient (Wildman–Crippen LogP) is 3.44. The van der Waals surface area contributed by atoms with E-state index in [-0.39, 0.29) is 24.4 Å². The van der Waals surface area contributed by atoms with Gasteiger partial charge < -0.3 is 11.1 Å². The first-order valence-corrected chi connectivity index (χ1v) is 7.48. The van der Waals surface area contributed by atoms with E-state index in [0.29, 0.717) is 6.42 Å². The molecule has 0 aliphatic heterocycles. The summed E-state index contributed by atoms with van der Waals surface area (Å²) in [6.07, 6.45) is 2.40. The van der Waals surface area contributed by atoms with Crippen LogP contribution in [0, 0.1) is 0 Å². The Kier molecular flexibility index (Phi) is 8.40. The number of benzene rings is 1. The molecule has 0 heterocycles. The molecule has 0 saturated carbocycles. The zero-order valence-corrected chi connectivity index (χ0v) is 14.7. The van der Waals surface area contributed by atoms with Crippen molar-refractivity contribution in [1.82, 2.24) is 5.32 Å². The average molecular weight is 364 g/mol. The fourth-order valence-corrected chi connectivity index (χ4v) is 2.54. The summed E-state index contributed by atoms with van der Waals surface area (Å²) < 4.78 is 1.05. The van der Waals surface area contributed by atoms with E-state index in [9.17, 15) is 4.79 Å². The van der Waals surface area contributed by atoms with E-state index in [0.717, 1.165) is 17.3 Å². The average Bonchev–Trinajstić information content (AvgIpc) is 2.28. The Morgan fingerprint density at radius 3 is 2.70 bits per heavy atom. The molecule has 0 radical (unpaired) electrons. The second-order valence-electron chi connectivity index (χ2n) is 5.38. The lowest BCUT2D eigenvalue weighted by Gasteiger charge is -2.25. The maximum absolute atomic E-state index is 12.1. The van der Waals surface area contributed by atoms with Gasteiger partial charge in [0.15, 0.2) is 0 Å². The van der Waals surface area contributed by atoms with Gasteiger partial charge in [0.1, 0.15) is 0 Å². The van der Waals surface area contributed by atoms with Crippen LogP contribution in [-0.2, 0) is 11.2 Å². The van der Waals surface area contributed by atoms with Crippen molar-refractivity contribution in [2.45, 2.75) is 51.6 Å². The zero-order valence-electron chi connectivity index (χ0n) is 12.3. The van der Waals surface area contributed by atoms with Gasteiger partial charge >= 0.3 is 0 Å². The molecule has 0 aliphatic carbocycles. The number of carbonyl (C=O) groups excluding carboxylic acids is 1. The van der Waals surface area contributed by atoms with Gasteiger partial charge in [0.25, 0.3) is 0 Å². The summed E-state index contributed by atoms with van der Waals surface area (Å²) in [7, 11) is 0. The van der Waals surface area contributed by atoms with Gasteiger partial charge in [-0.1, -0.05) is 41.4 Å². The Bertz CT molecular complexity index is 438. The van der Waals surface area contributed by atoms with E-state index in [1.54, 1.807) is 6.92 Å². The second kappa shape index (κ2) is 8.65. The molecule has 0 aromatic heterocycles. The Labute approximate surface area is 136 Å². The number of nitrogens with two attached hydrogens (primary N) is 1. The van der Waals surface area contributed by atoms with Crippen molar-refractivity contribution >= 4 is 34.2 Å². The number of nitrogens with one attached hydrogen (secondary N) is 1. The topological polar surface area (TPSA) is 55.1 Å². The van der Waals surface area contributed by atoms with Gasteiger partial charge in [0, 0.05) is 10.5 Å².